The fraction of sp³-hybridized carbons (Fsp3) is 0.638. The summed E-state index contributed by atoms with van der Waals surface area (Å²) in [5.41, 5.74) is 4.54. The van der Waals surface area contributed by atoms with E-state index in [4.69, 9.17) is 9.47 Å². The number of carbonyl (C=O) groups excluding carboxylic acids is 1. The van der Waals surface area contributed by atoms with Gasteiger partial charge in [-0.3, -0.25) is 10.1 Å². The van der Waals surface area contributed by atoms with Crippen LogP contribution in [-0.4, -0.2) is 97.3 Å². The van der Waals surface area contributed by atoms with Gasteiger partial charge in [-0.2, -0.15) is 0 Å². The molecule has 3 aliphatic rings. The van der Waals surface area contributed by atoms with Crippen molar-refractivity contribution in [1.29, 1.82) is 0 Å². The van der Waals surface area contributed by atoms with Gasteiger partial charge in [0.15, 0.2) is 0 Å². The quantitative estimate of drug-likeness (QED) is 0.0465. The van der Waals surface area contributed by atoms with Crippen LogP contribution in [0.2, 0.25) is 0 Å². The molecule has 2 fully saturated rings. The van der Waals surface area contributed by atoms with Crippen LogP contribution in [0.4, 0.5) is 0 Å². The summed E-state index contributed by atoms with van der Waals surface area (Å²) in [5.74, 6) is -0.399. The summed E-state index contributed by atoms with van der Waals surface area (Å²) in [6, 6.07) is 8.71. The predicted octanol–water partition coefficient (Wildman–Crippen LogP) is 6.31. The topological polar surface area (TPSA) is 141 Å². The maximum atomic E-state index is 12.6. The normalized spacial score (nSPS) is 32.6. The first-order valence-corrected chi connectivity index (χ1v) is 21.0. The number of benzene rings is 1. The number of aliphatic hydroxyl groups is 4. The van der Waals surface area contributed by atoms with Crippen molar-refractivity contribution in [3.8, 4) is 0 Å². The summed E-state index contributed by atoms with van der Waals surface area (Å²) in [6.45, 7) is 14.5. The largest absolute Gasteiger partial charge is 0.396 e. The minimum atomic E-state index is -1.15. The number of nitrogens with one attached hydrogen (secondary N) is 2. The monoisotopic (exact) mass is 777 g/mol. The Balaban J connectivity index is 1.66. The fourth-order valence-electron chi connectivity index (χ4n) is 10.0. The first-order chi connectivity index (χ1) is 26.8. The van der Waals surface area contributed by atoms with Gasteiger partial charge in [-0.15, -0.1) is 0 Å². The lowest BCUT2D eigenvalue weighted by atomic mass is 9.51. The van der Waals surface area contributed by atoms with E-state index >= 15 is 0 Å². The number of rotatable bonds is 17. The lowest BCUT2D eigenvalue weighted by Gasteiger charge is -2.57. The molecule has 0 amide bonds. The number of aldehydes is 1. The van der Waals surface area contributed by atoms with Gasteiger partial charge in [0.25, 0.3) is 0 Å². The van der Waals surface area contributed by atoms with Crippen LogP contribution >= 0.6 is 0 Å². The number of ether oxygens (including phenoxy) is 2. The zero-order valence-corrected chi connectivity index (χ0v) is 35.1. The summed E-state index contributed by atoms with van der Waals surface area (Å²) in [4.78, 5) is 12.1. The number of carbonyl (C=O) groups is 1. The second-order valence-corrected chi connectivity index (χ2v) is 17.0. The molecule has 1 aromatic carbocycles. The summed E-state index contributed by atoms with van der Waals surface area (Å²) in [7, 11) is 3.58. The van der Waals surface area contributed by atoms with Gasteiger partial charge in [-0.25, -0.2) is 0 Å². The molecule has 0 saturated heterocycles. The zero-order chi connectivity index (χ0) is 40.9. The van der Waals surface area contributed by atoms with E-state index in [0.717, 1.165) is 47.8 Å². The van der Waals surface area contributed by atoms with Crippen LogP contribution in [0.3, 0.4) is 0 Å². The highest BCUT2D eigenvalue weighted by molar-refractivity contribution is 5.74. The lowest BCUT2D eigenvalue weighted by Crippen LogP contribution is -2.61. The van der Waals surface area contributed by atoms with E-state index in [1.807, 2.05) is 33.9 Å². The molecule has 2 aliphatic carbocycles. The molecule has 8 atom stereocenters. The second kappa shape index (κ2) is 21.3. The lowest BCUT2D eigenvalue weighted by molar-refractivity contribution is -0.180. The molecular formula is C47H72N2O7. The summed E-state index contributed by atoms with van der Waals surface area (Å²) < 4.78 is 11.4. The molecule has 1 spiro atoms. The van der Waals surface area contributed by atoms with E-state index in [0.29, 0.717) is 83.3 Å². The van der Waals surface area contributed by atoms with E-state index in [9.17, 15) is 25.2 Å². The molecule has 1 aliphatic heterocycles. The minimum Gasteiger partial charge on any atom is -0.396 e. The molecule has 312 valence electrons. The summed E-state index contributed by atoms with van der Waals surface area (Å²) >= 11 is 0. The first kappa shape index (κ1) is 46.0. The number of hydrogen-bond acceptors (Lipinski definition) is 9. The molecule has 9 nitrogen and oxygen atoms in total. The molecule has 9 heteroatoms. The van der Waals surface area contributed by atoms with Gasteiger partial charge in [-0.05, 0) is 152 Å². The molecule has 6 N–H and O–H groups in total. The van der Waals surface area contributed by atoms with Crippen LogP contribution in [-0.2, 0) is 27.1 Å². The molecule has 0 radical (unpaired) electrons. The van der Waals surface area contributed by atoms with Gasteiger partial charge in [0.05, 0.1) is 18.3 Å². The van der Waals surface area contributed by atoms with Gasteiger partial charge in [0.2, 0.25) is 0 Å². The Morgan fingerprint density at radius 2 is 1.95 bits per heavy atom. The van der Waals surface area contributed by atoms with E-state index in [1.54, 1.807) is 7.11 Å². The van der Waals surface area contributed by atoms with Gasteiger partial charge in [-0.1, -0.05) is 66.3 Å². The van der Waals surface area contributed by atoms with Crippen molar-refractivity contribution in [1.82, 2.24) is 10.6 Å². The van der Waals surface area contributed by atoms with Gasteiger partial charge in [0, 0.05) is 43.8 Å². The van der Waals surface area contributed by atoms with Crippen LogP contribution in [0, 0.1) is 23.2 Å². The first-order valence-electron chi connectivity index (χ1n) is 21.0. The van der Waals surface area contributed by atoms with E-state index < -0.39 is 23.3 Å². The maximum Gasteiger partial charge on any atom is 0.145 e. The summed E-state index contributed by atoms with van der Waals surface area (Å²) in [5, 5.41) is 53.1. The van der Waals surface area contributed by atoms with Crippen molar-refractivity contribution in [2.24, 2.45) is 23.2 Å². The van der Waals surface area contributed by atoms with Gasteiger partial charge in [0.1, 0.15) is 12.5 Å². The van der Waals surface area contributed by atoms with Crippen molar-refractivity contribution in [3.63, 3.8) is 0 Å². The van der Waals surface area contributed by atoms with Gasteiger partial charge < -0.3 is 35.2 Å². The highest BCUT2D eigenvalue weighted by Crippen LogP contribution is 2.64. The van der Waals surface area contributed by atoms with Crippen LogP contribution in [0.1, 0.15) is 96.6 Å². The SMILES string of the molecule is C=C(C=CC=C(COCC)C1CCC2(C(CCCO)C(=C(C)C=O)CCC2(O)CCNC)C1O)C1CC=C(C)C(O)NC(C)(CCOC)Cc2cccc(c2)C1. The molecule has 1 aromatic rings. The van der Waals surface area contributed by atoms with Crippen molar-refractivity contribution >= 4 is 6.29 Å². The number of methoxy groups -OCH3 is 1. The standard InChI is InChI=1S/C47H72N2O7/c1-8-56-32-39(41-20-22-47(43(41)52)42(16-11-26-50)40(35(4)31-51)19-21-46(47,54)23-25-48-6)15-9-12-33(2)38-18-17-34(3)44(53)49-45(5,24-27-55-7)30-37-14-10-13-36(28-37)29-38/h9-10,12-15,17,28,31,38,41-44,48-50,52-54H,2,8,11,16,18-27,29-30,32H2,1,3-7H3. The molecule has 0 aromatic heterocycles. The molecular weight excluding hydrogens is 705 g/mol. The molecule has 8 unspecified atom stereocenters. The van der Waals surface area contributed by atoms with Crippen molar-refractivity contribution < 1.29 is 34.7 Å². The highest BCUT2D eigenvalue weighted by Gasteiger charge is 2.65. The van der Waals surface area contributed by atoms with Crippen molar-refractivity contribution in [2.45, 2.75) is 122 Å². The average molecular weight is 777 g/mol. The number of fused-ring (bicyclic) bond motifs is 2. The van der Waals surface area contributed by atoms with E-state index in [-0.39, 0.29) is 29.9 Å². The molecule has 2 saturated carbocycles. The number of hydrogen-bond donors (Lipinski definition) is 6. The average Bonchev–Trinajstić information content (AvgIpc) is 3.52. The predicted molar refractivity (Wildman–Crippen MR) is 225 cm³/mol. The Morgan fingerprint density at radius 1 is 1.18 bits per heavy atom. The van der Waals surface area contributed by atoms with E-state index in [1.165, 1.54) is 11.1 Å². The number of aliphatic hydroxyl groups excluding tert-OH is 3. The van der Waals surface area contributed by atoms with Crippen molar-refractivity contribution in [2.75, 3.05) is 47.1 Å². The fourth-order valence-corrected chi connectivity index (χ4v) is 10.0. The summed E-state index contributed by atoms with van der Waals surface area (Å²) in [6.07, 6.45) is 14.5. The Labute approximate surface area is 337 Å². The smallest absolute Gasteiger partial charge is 0.145 e. The molecule has 4 rings (SSSR count). The van der Waals surface area contributed by atoms with Crippen molar-refractivity contribution in [3.05, 3.63) is 94.1 Å². The molecule has 56 heavy (non-hydrogen) atoms. The van der Waals surface area contributed by atoms with Crippen LogP contribution in [0.25, 0.3) is 0 Å². The Kier molecular flexibility index (Phi) is 17.5. The zero-order valence-electron chi connectivity index (χ0n) is 35.1. The minimum absolute atomic E-state index is 0.00617. The third kappa shape index (κ3) is 10.9. The third-order valence-electron chi connectivity index (χ3n) is 13.3. The Bertz CT molecular complexity index is 1580. The Morgan fingerprint density at radius 3 is 2.64 bits per heavy atom. The van der Waals surface area contributed by atoms with Crippen LogP contribution in [0.5, 0.6) is 0 Å². The van der Waals surface area contributed by atoms with Crippen LogP contribution < -0.4 is 10.6 Å². The maximum absolute atomic E-state index is 12.6. The Hall–Kier alpha value is -2.73. The van der Waals surface area contributed by atoms with E-state index in [2.05, 4.69) is 66.6 Å². The van der Waals surface area contributed by atoms with Crippen LogP contribution in [0.15, 0.2) is 83.0 Å². The highest BCUT2D eigenvalue weighted by atomic mass is 16.5. The van der Waals surface area contributed by atoms with Gasteiger partial charge >= 0.3 is 0 Å². The second-order valence-electron chi connectivity index (χ2n) is 17.0. The molecule has 1 heterocycles. The third-order valence-corrected chi connectivity index (χ3v) is 13.3. The molecule has 2 bridgehead atoms. The number of allylic oxidation sites excluding steroid dienone is 7.